The molecule has 0 aliphatic heterocycles. The van der Waals surface area contributed by atoms with Crippen LogP contribution in [0.5, 0.6) is 11.5 Å². The molecule has 0 aliphatic rings. The number of hydrogen-bond acceptors (Lipinski definition) is 3. The molecule has 0 aromatic heterocycles. The van der Waals surface area contributed by atoms with Gasteiger partial charge in [0, 0.05) is 10.6 Å². The van der Waals surface area contributed by atoms with E-state index in [0.29, 0.717) is 16.5 Å². The van der Waals surface area contributed by atoms with E-state index in [1.54, 1.807) is 26.4 Å². The summed E-state index contributed by atoms with van der Waals surface area (Å²) in [5.41, 5.74) is 1.79. The van der Waals surface area contributed by atoms with Crippen LogP contribution in [0, 0.1) is 0 Å². The number of ether oxygens (including phenoxy) is 2. The minimum atomic E-state index is -0.101. The van der Waals surface area contributed by atoms with Gasteiger partial charge < -0.3 is 14.8 Å². The van der Waals surface area contributed by atoms with Crippen molar-refractivity contribution in [1.82, 2.24) is 5.32 Å². The first kappa shape index (κ1) is 17.2. The minimum absolute atomic E-state index is 0.0843. The summed E-state index contributed by atoms with van der Waals surface area (Å²) in [4.78, 5) is 12.3. The van der Waals surface area contributed by atoms with Gasteiger partial charge in [0.25, 0.3) is 0 Å². The average Bonchev–Trinajstić information content (AvgIpc) is 2.55. The Morgan fingerprint density at radius 1 is 1.13 bits per heavy atom. The Labute approximate surface area is 141 Å². The molecular formula is C18H20ClNO3. The number of benzene rings is 2. The highest BCUT2D eigenvalue weighted by Crippen LogP contribution is 2.24. The van der Waals surface area contributed by atoms with Gasteiger partial charge in [-0.3, -0.25) is 4.79 Å². The van der Waals surface area contributed by atoms with Crippen molar-refractivity contribution >= 4 is 17.5 Å². The molecule has 122 valence electrons. The van der Waals surface area contributed by atoms with Crippen molar-refractivity contribution in [2.75, 3.05) is 14.2 Å². The quantitative estimate of drug-likeness (QED) is 0.875. The van der Waals surface area contributed by atoms with Crippen molar-refractivity contribution in [1.29, 1.82) is 0 Å². The largest absolute Gasteiger partial charge is 0.497 e. The van der Waals surface area contributed by atoms with Gasteiger partial charge in [0.15, 0.2) is 0 Å². The van der Waals surface area contributed by atoms with Gasteiger partial charge in [-0.15, -0.1) is 0 Å². The first-order valence-electron chi connectivity index (χ1n) is 7.29. The summed E-state index contributed by atoms with van der Waals surface area (Å²) < 4.78 is 10.5. The number of carbonyl (C=O) groups is 1. The van der Waals surface area contributed by atoms with Crippen molar-refractivity contribution in [3.8, 4) is 11.5 Å². The Balaban J connectivity index is 2.05. The van der Waals surface area contributed by atoms with E-state index in [1.807, 2.05) is 37.3 Å². The molecular weight excluding hydrogens is 314 g/mol. The minimum Gasteiger partial charge on any atom is -0.497 e. The maximum Gasteiger partial charge on any atom is 0.225 e. The molecule has 4 nitrogen and oxygen atoms in total. The fourth-order valence-corrected chi connectivity index (χ4v) is 2.45. The lowest BCUT2D eigenvalue weighted by molar-refractivity contribution is -0.121. The van der Waals surface area contributed by atoms with Crippen LogP contribution in [0.25, 0.3) is 0 Å². The molecule has 1 atom stereocenters. The van der Waals surface area contributed by atoms with Gasteiger partial charge in [-0.2, -0.15) is 0 Å². The molecule has 0 saturated carbocycles. The monoisotopic (exact) mass is 333 g/mol. The van der Waals surface area contributed by atoms with Crippen LogP contribution < -0.4 is 14.8 Å². The van der Waals surface area contributed by atoms with E-state index in [-0.39, 0.29) is 18.4 Å². The lowest BCUT2D eigenvalue weighted by atomic mass is 10.1. The topological polar surface area (TPSA) is 47.6 Å². The van der Waals surface area contributed by atoms with Gasteiger partial charge in [0.2, 0.25) is 5.91 Å². The van der Waals surface area contributed by atoms with E-state index in [9.17, 15) is 4.79 Å². The highest BCUT2D eigenvalue weighted by atomic mass is 35.5. The normalized spacial score (nSPS) is 11.7. The predicted molar refractivity (Wildman–Crippen MR) is 91.3 cm³/mol. The average molecular weight is 334 g/mol. The first-order chi connectivity index (χ1) is 11.0. The summed E-state index contributed by atoms with van der Waals surface area (Å²) in [6.45, 7) is 1.93. The fourth-order valence-electron chi connectivity index (χ4n) is 2.32. The molecule has 1 N–H and O–H groups in total. The van der Waals surface area contributed by atoms with Gasteiger partial charge in [-0.25, -0.2) is 0 Å². The van der Waals surface area contributed by atoms with E-state index in [4.69, 9.17) is 21.1 Å². The van der Waals surface area contributed by atoms with Crippen LogP contribution in [0.4, 0.5) is 0 Å². The number of amides is 1. The smallest absolute Gasteiger partial charge is 0.225 e. The molecule has 0 radical (unpaired) electrons. The van der Waals surface area contributed by atoms with E-state index < -0.39 is 0 Å². The Bertz CT molecular complexity index is 670. The van der Waals surface area contributed by atoms with Crippen molar-refractivity contribution in [3.63, 3.8) is 0 Å². The van der Waals surface area contributed by atoms with Gasteiger partial charge >= 0.3 is 0 Å². The Morgan fingerprint density at radius 2 is 1.83 bits per heavy atom. The third kappa shape index (κ3) is 4.63. The lowest BCUT2D eigenvalue weighted by Gasteiger charge is -2.15. The standard InChI is InChI=1S/C18H20ClNO3/c1-12(13-4-6-15(19)7-5-13)20-18(21)11-14-10-16(22-2)8-9-17(14)23-3/h4-10,12H,11H2,1-3H3,(H,20,21). The summed E-state index contributed by atoms with van der Waals surface area (Å²) >= 11 is 5.88. The number of methoxy groups -OCH3 is 2. The Kier molecular flexibility index (Phi) is 5.88. The summed E-state index contributed by atoms with van der Waals surface area (Å²) in [6, 6.07) is 12.7. The predicted octanol–water partition coefficient (Wildman–Crippen LogP) is 3.78. The summed E-state index contributed by atoms with van der Waals surface area (Å²) in [6.07, 6.45) is 0.221. The van der Waals surface area contributed by atoms with Crippen LogP contribution in [0.15, 0.2) is 42.5 Å². The van der Waals surface area contributed by atoms with Crippen LogP contribution in [-0.2, 0) is 11.2 Å². The van der Waals surface area contributed by atoms with Gasteiger partial charge in [0.05, 0.1) is 26.7 Å². The van der Waals surface area contributed by atoms with Gasteiger partial charge in [-0.05, 0) is 42.8 Å². The van der Waals surface area contributed by atoms with E-state index in [1.165, 1.54) is 0 Å². The zero-order valence-electron chi connectivity index (χ0n) is 13.4. The SMILES string of the molecule is COc1ccc(OC)c(CC(=O)NC(C)c2ccc(Cl)cc2)c1. The number of nitrogens with one attached hydrogen (secondary N) is 1. The summed E-state index contributed by atoms with van der Waals surface area (Å²) in [5, 5.41) is 3.65. The van der Waals surface area contributed by atoms with Crippen LogP contribution in [0.1, 0.15) is 24.1 Å². The fraction of sp³-hybridized carbons (Fsp3) is 0.278. The van der Waals surface area contributed by atoms with E-state index in [2.05, 4.69) is 5.32 Å². The van der Waals surface area contributed by atoms with E-state index >= 15 is 0 Å². The van der Waals surface area contributed by atoms with Crippen LogP contribution in [0.2, 0.25) is 5.02 Å². The molecule has 0 spiro atoms. The van der Waals surface area contributed by atoms with Gasteiger partial charge in [-0.1, -0.05) is 23.7 Å². The zero-order chi connectivity index (χ0) is 16.8. The first-order valence-corrected chi connectivity index (χ1v) is 7.67. The highest BCUT2D eigenvalue weighted by Gasteiger charge is 2.13. The summed E-state index contributed by atoms with van der Waals surface area (Å²) in [7, 11) is 3.17. The van der Waals surface area contributed by atoms with Crippen molar-refractivity contribution < 1.29 is 14.3 Å². The number of hydrogen-bond donors (Lipinski definition) is 1. The molecule has 1 amide bonds. The second-order valence-electron chi connectivity index (χ2n) is 5.20. The molecule has 2 aromatic carbocycles. The van der Waals surface area contributed by atoms with Crippen LogP contribution in [0.3, 0.4) is 0 Å². The molecule has 0 heterocycles. The number of carbonyl (C=O) groups excluding carboxylic acids is 1. The van der Waals surface area contributed by atoms with Gasteiger partial charge in [0.1, 0.15) is 11.5 Å². The van der Waals surface area contributed by atoms with Crippen molar-refractivity contribution in [3.05, 3.63) is 58.6 Å². The van der Waals surface area contributed by atoms with E-state index in [0.717, 1.165) is 11.1 Å². The molecule has 2 rings (SSSR count). The molecule has 0 aliphatic carbocycles. The summed E-state index contributed by atoms with van der Waals surface area (Å²) in [5.74, 6) is 1.28. The molecule has 0 bridgehead atoms. The molecule has 1 unspecified atom stereocenters. The van der Waals surface area contributed by atoms with Crippen molar-refractivity contribution in [2.24, 2.45) is 0 Å². The van der Waals surface area contributed by atoms with Crippen molar-refractivity contribution in [2.45, 2.75) is 19.4 Å². The lowest BCUT2D eigenvalue weighted by Crippen LogP contribution is -2.28. The molecule has 23 heavy (non-hydrogen) atoms. The number of halogens is 1. The Hall–Kier alpha value is -2.20. The van der Waals surface area contributed by atoms with Crippen LogP contribution in [-0.4, -0.2) is 20.1 Å². The maximum absolute atomic E-state index is 12.3. The zero-order valence-corrected chi connectivity index (χ0v) is 14.2. The molecule has 0 fully saturated rings. The molecule has 2 aromatic rings. The molecule has 0 saturated heterocycles. The second kappa shape index (κ2) is 7.88. The third-order valence-electron chi connectivity index (χ3n) is 3.59. The molecule has 5 heteroatoms. The second-order valence-corrected chi connectivity index (χ2v) is 5.63. The highest BCUT2D eigenvalue weighted by molar-refractivity contribution is 6.30. The van der Waals surface area contributed by atoms with Crippen LogP contribution >= 0.6 is 11.6 Å². The number of rotatable bonds is 6. The maximum atomic E-state index is 12.3. The Morgan fingerprint density at radius 3 is 2.43 bits per heavy atom. The third-order valence-corrected chi connectivity index (χ3v) is 3.84.